The van der Waals surface area contributed by atoms with Gasteiger partial charge in [-0.05, 0) is 24.1 Å². The maximum Gasteiger partial charge on any atom is 0.160 e. The van der Waals surface area contributed by atoms with Crippen LogP contribution in [0.4, 0.5) is 0 Å². The summed E-state index contributed by atoms with van der Waals surface area (Å²) >= 11 is 0. The van der Waals surface area contributed by atoms with Gasteiger partial charge in [-0.1, -0.05) is 12.1 Å². The molecule has 0 saturated heterocycles. The van der Waals surface area contributed by atoms with Crippen LogP contribution >= 0.6 is 0 Å². The summed E-state index contributed by atoms with van der Waals surface area (Å²) < 4.78 is 0. The monoisotopic (exact) mass is 240 g/mol. The first-order valence-corrected chi connectivity index (χ1v) is 6.03. The number of benzene rings is 1. The number of carbonyl (C=O) groups excluding carboxylic acids is 1. The van der Waals surface area contributed by atoms with Crippen molar-refractivity contribution in [2.75, 3.05) is 14.1 Å². The normalized spacial score (nSPS) is 21.1. The first kappa shape index (κ1) is 12.4. The van der Waals surface area contributed by atoms with Gasteiger partial charge in [0.25, 0.3) is 0 Å². The molecule has 92 valence electrons. The van der Waals surface area contributed by atoms with Crippen molar-refractivity contribution < 1.29 is 4.79 Å². The zero-order chi connectivity index (χ0) is 13.1. The Balaban J connectivity index is 2.32. The van der Waals surface area contributed by atoms with Gasteiger partial charge in [-0.15, -0.1) is 0 Å². The summed E-state index contributed by atoms with van der Waals surface area (Å²) in [5, 5.41) is 8.78. The lowest BCUT2D eigenvalue weighted by Crippen LogP contribution is -2.08. The molecular weight excluding hydrogens is 224 g/mol. The van der Waals surface area contributed by atoms with Crippen molar-refractivity contribution in [3.63, 3.8) is 0 Å². The minimum Gasteiger partial charge on any atom is -0.383 e. The summed E-state index contributed by atoms with van der Waals surface area (Å²) in [6.45, 7) is 0. The summed E-state index contributed by atoms with van der Waals surface area (Å²) in [7, 11) is 3.85. The highest BCUT2D eigenvalue weighted by Crippen LogP contribution is 2.36. The van der Waals surface area contributed by atoms with Crippen LogP contribution in [0.2, 0.25) is 0 Å². The SMILES string of the molecule is CN(C)/C=C1\C(=O)CC[C@H]1c1ccc(C#N)cc1. The predicted molar refractivity (Wildman–Crippen MR) is 69.9 cm³/mol. The van der Waals surface area contributed by atoms with Gasteiger partial charge in [0.1, 0.15) is 0 Å². The second-order valence-electron chi connectivity index (χ2n) is 4.80. The molecule has 0 N–H and O–H groups in total. The molecule has 0 bridgehead atoms. The van der Waals surface area contributed by atoms with Gasteiger partial charge in [0.2, 0.25) is 0 Å². The number of Topliss-reactive ketones (excluding diaryl/α,β-unsaturated/α-hetero) is 1. The van der Waals surface area contributed by atoms with Gasteiger partial charge in [-0.25, -0.2) is 0 Å². The summed E-state index contributed by atoms with van der Waals surface area (Å²) in [5.74, 6) is 0.408. The Labute approximate surface area is 107 Å². The first-order chi connectivity index (χ1) is 8.61. The lowest BCUT2D eigenvalue weighted by molar-refractivity contribution is -0.114. The van der Waals surface area contributed by atoms with Crippen LogP contribution in [0.15, 0.2) is 36.0 Å². The van der Waals surface area contributed by atoms with Crippen LogP contribution in [-0.2, 0) is 4.79 Å². The van der Waals surface area contributed by atoms with E-state index in [1.165, 1.54) is 0 Å². The Morgan fingerprint density at radius 1 is 1.33 bits per heavy atom. The minimum absolute atomic E-state index is 0.174. The average Bonchev–Trinajstić information content (AvgIpc) is 2.71. The topological polar surface area (TPSA) is 44.1 Å². The molecule has 3 heteroatoms. The zero-order valence-corrected chi connectivity index (χ0v) is 10.7. The second kappa shape index (κ2) is 5.05. The van der Waals surface area contributed by atoms with E-state index in [2.05, 4.69) is 6.07 Å². The third-order valence-electron chi connectivity index (χ3n) is 3.20. The largest absolute Gasteiger partial charge is 0.383 e. The van der Waals surface area contributed by atoms with E-state index >= 15 is 0 Å². The number of nitriles is 1. The van der Waals surface area contributed by atoms with E-state index in [4.69, 9.17) is 5.26 Å². The summed E-state index contributed by atoms with van der Waals surface area (Å²) in [6.07, 6.45) is 3.40. The molecule has 1 fully saturated rings. The number of ketones is 1. The van der Waals surface area contributed by atoms with Crippen LogP contribution in [0, 0.1) is 11.3 Å². The lowest BCUT2D eigenvalue weighted by Gasteiger charge is -2.14. The summed E-state index contributed by atoms with van der Waals surface area (Å²) in [5.41, 5.74) is 2.65. The highest BCUT2D eigenvalue weighted by atomic mass is 16.1. The maximum atomic E-state index is 11.9. The van der Waals surface area contributed by atoms with E-state index in [0.717, 1.165) is 17.6 Å². The number of allylic oxidation sites excluding steroid dienone is 1. The van der Waals surface area contributed by atoms with Gasteiger partial charge in [0, 0.05) is 38.2 Å². The van der Waals surface area contributed by atoms with E-state index < -0.39 is 0 Å². The number of carbonyl (C=O) groups is 1. The van der Waals surface area contributed by atoms with Crippen LogP contribution < -0.4 is 0 Å². The Morgan fingerprint density at radius 3 is 2.56 bits per heavy atom. The van der Waals surface area contributed by atoms with Gasteiger partial charge in [0.05, 0.1) is 11.6 Å². The van der Waals surface area contributed by atoms with Crippen LogP contribution in [0.3, 0.4) is 0 Å². The van der Waals surface area contributed by atoms with Gasteiger partial charge in [0.15, 0.2) is 5.78 Å². The number of nitrogens with zero attached hydrogens (tertiary/aromatic N) is 2. The molecule has 1 aliphatic rings. The quantitative estimate of drug-likeness (QED) is 0.746. The second-order valence-corrected chi connectivity index (χ2v) is 4.80. The molecule has 0 unspecified atom stereocenters. The van der Waals surface area contributed by atoms with Crippen molar-refractivity contribution in [3.8, 4) is 6.07 Å². The van der Waals surface area contributed by atoms with Crippen molar-refractivity contribution in [1.29, 1.82) is 5.26 Å². The van der Waals surface area contributed by atoms with Gasteiger partial charge < -0.3 is 4.90 Å². The molecule has 2 rings (SSSR count). The molecule has 0 heterocycles. The minimum atomic E-state index is 0.174. The van der Waals surface area contributed by atoms with E-state index in [-0.39, 0.29) is 11.7 Å². The van der Waals surface area contributed by atoms with Crippen molar-refractivity contribution in [2.45, 2.75) is 18.8 Å². The first-order valence-electron chi connectivity index (χ1n) is 6.03. The number of hydrogen-bond donors (Lipinski definition) is 0. The number of hydrogen-bond acceptors (Lipinski definition) is 3. The third-order valence-corrected chi connectivity index (χ3v) is 3.20. The maximum absolute atomic E-state index is 11.9. The van der Waals surface area contributed by atoms with E-state index in [1.807, 2.05) is 49.5 Å². The Hall–Kier alpha value is -2.08. The van der Waals surface area contributed by atoms with Gasteiger partial charge in [-0.2, -0.15) is 5.26 Å². The van der Waals surface area contributed by atoms with E-state index in [9.17, 15) is 4.79 Å². The highest BCUT2D eigenvalue weighted by Gasteiger charge is 2.29. The fraction of sp³-hybridized carbons (Fsp3) is 0.333. The fourth-order valence-corrected chi connectivity index (χ4v) is 2.35. The Bertz CT molecular complexity index is 520. The van der Waals surface area contributed by atoms with Gasteiger partial charge in [-0.3, -0.25) is 4.79 Å². The molecule has 1 aromatic rings. The molecule has 18 heavy (non-hydrogen) atoms. The molecule has 1 aromatic carbocycles. The highest BCUT2D eigenvalue weighted by molar-refractivity contribution is 5.99. The van der Waals surface area contributed by atoms with E-state index in [1.54, 1.807) is 0 Å². The third kappa shape index (κ3) is 2.43. The average molecular weight is 240 g/mol. The smallest absolute Gasteiger partial charge is 0.160 e. The fourth-order valence-electron chi connectivity index (χ4n) is 2.35. The van der Waals surface area contributed by atoms with Gasteiger partial charge >= 0.3 is 0 Å². The van der Waals surface area contributed by atoms with Crippen molar-refractivity contribution >= 4 is 5.78 Å². The Kier molecular flexibility index (Phi) is 3.47. The van der Waals surface area contributed by atoms with Crippen LogP contribution in [0.5, 0.6) is 0 Å². The molecule has 1 saturated carbocycles. The molecule has 0 aliphatic heterocycles. The molecule has 0 spiro atoms. The Morgan fingerprint density at radius 2 is 2.00 bits per heavy atom. The predicted octanol–water partition coefficient (Wildman–Crippen LogP) is 2.45. The molecule has 3 nitrogen and oxygen atoms in total. The van der Waals surface area contributed by atoms with Crippen molar-refractivity contribution in [3.05, 3.63) is 47.2 Å². The van der Waals surface area contributed by atoms with Crippen LogP contribution in [0.25, 0.3) is 0 Å². The lowest BCUT2D eigenvalue weighted by atomic mass is 9.93. The van der Waals surface area contributed by atoms with Crippen molar-refractivity contribution in [2.24, 2.45) is 0 Å². The molecule has 1 atom stereocenters. The van der Waals surface area contributed by atoms with E-state index in [0.29, 0.717) is 12.0 Å². The molecule has 0 aromatic heterocycles. The molecular formula is C15H16N2O. The summed E-state index contributed by atoms with van der Waals surface area (Å²) in [6, 6.07) is 9.63. The zero-order valence-electron chi connectivity index (χ0n) is 10.7. The molecule has 0 amide bonds. The summed E-state index contributed by atoms with van der Waals surface area (Å²) in [4.78, 5) is 13.8. The number of rotatable bonds is 2. The molecule has 0 radical (unpaired) electrons. The van der Waals surface area contributed by atoms with Crippen LogP contribution in [-0.4, -0.2) is 24.8 Å². The standard InChI is InChI=1S/C15H16N2O/c1-17(2)10-14-13(7-8-15(14)18)12-5-3-11(9-16)4-6-12/h3-6,10,13H,7-8H2,1-2H3/b14-10-/t13-/m0/s1. The molecule has 1 aliphatic carbocycles. The van der Waals surface area contributed by atoms with Crippen LogP contribution in [0.1, 0.15) is 29.9 Å². The van der Waals surface area contributed by atoms with Crippen molar-refractivity contribution in [1.82, 2.24) is 4.90 Å².